The lowest BCUT2D eigenvalue weighted by Gasteiger charge is -2.12. The van der Waals surface area contributed by atoms with Crippen molar-refractivity contribution in [3.8, 4) is 0 Å². The van der Waals surface area contributed by atoms with Crippen molar-refractivity contribution in [1.82, 2.24) is 0 Å². The molecule has 0 bridgehead atoms. The predicted octanol–water partition coefficient (Wildman–Crippen LogP) is 5.98. The molecule has 1 aromatic carbocycles. The van der Waals surface area contributed by atoms with Crippen molar-refractivity contribution in [2.45, 2.75) is 38.4 Å². The second-order valence-corrected chi connectivity index (χ2v) is 9.28. The molecule has 0 saturated heterocycles. The van der Waals surface area contributed by atoms with E-state index in [2.05, 4.69) is 5.32 Å². The Morgan fingerprint density at radius 2 is 1.93 bits per heavy atom. The summed E-state index contributed by atoms with van der Waals surface area (Å²) in [4.78, 5) is 26.1. The lowest BCUT2D eigenvalue weighted by molar-refractivity contribution is -0.113. The van der Waals surface area contributed by atoms with Gasteiger partial charge in [-0.15, -0.1) is 23.1 Å². The van der Waals surface area contributed by atoms with Gasteiger partial charge in [0.1, 0.15) is 5.00 Å². The van der Waals surface area contributed by atoms with E-state index in [1.165, 1.54) is 28.0 Å². The number of hydrogen-bond acceptors (Lipinski definition) is 5. The molecule has 8 heteroatoms. The average Bonchev–Trinajstić information content (AvgIpc) is 3.02. The summed E-state index contributed by atoms with van der Waals surface area (Å²) < 4.78 is 5.22. The first-order valence-corrected chi connectivity index (χ1v) is 11.9. The van der Waals surface area contributed by atoms with Gasteiger partial charge >= 0.3 is 5.97 Å². The summed E-state index contributed by atoms with van der Waals surface area (Å²) in [5.74, 6) is 0.272. The highest BCUT2D eigenvalue weighted by molar-refractivity contribution is 7.99. The van der Waals surface area contributed by atoms with Crippen molar-refractivity contribution >= 4 is 63.2 Å². The van der Waals surface area contributed by atoms with Crippen molar-refractivity contribution < 1.29 is 14.3 Å². The van der Waals surface area contributed by atoms with Gasteiger partial charge in [-0.05, 0) is 55.9 Å². The number of esters is 1. The summed E-state index contributed by atoms with van der Waals surface area (Å²) >= 11 is 15.3. The van der Waals surface area contributed by atoms with Crippen LogP contribution in [-0.2, 0) is 28.1 Å². The molecule has 4 nitrogen and oxygen atoms in total. The molecule has 3 rings (SSSR count). The minimum Gasteiger partial charge on any atom is -0.462 e. The number of benzene rings is 1. The first-order valence-electron chi connectivity index (χ1n) is 9.13. The Morgan fingerprint density at radius 1 is 1.21 bits per heavy atom. The van der Waals surface area contributed by atoms with Crippen LogP contribution in [0.1, 0.15) is 46.1 Å². The first-order chi connectivity index (χ1) is 13.5. The van der Waals surface area contributed by atoms with Crippen molar-refractivity contribution in [2.24, 2.45) is 0 Å². The van der Waals surface area contributed by atoms with E-state index in [0.29, 0.717) is 33.0 Å². The Bertz CT molecular complexity index is 862. The number of ether oxygens (including phenoxy) is 1. The molecule has 0 aliphatic heterocycles. The molecule has 0 atom stereocenters. The van der Waals surface area contributed by atoms with Crippen molar-refractivity contribution in [3.63, 3.8) is 0 Å². The molecule has 1 aromatic heterocycles. The van der Waals surface area contributed by atoms with Gasteiger partial charge < -0.3 is 10.1 Å². The highest BCUT2D eigenvalue weighted by Crippen LogP contribution is 2.38. The number of carbonyl (C=O) groups excluding carboxylic acids is 2. The zero-order valence-corrected chi connectivity index (χ0v) is 18.6. The van der Waals surface area contributed by atoms with Gasteiger partial charge in [-0.25, -0.2) is 4.79 Å². The number of nitrogens with one attached hydrogen (secondary N) is 1. The number of aryl methyl sites for hydroxylation is 1. The van der Waals surface area contributed by atoms with Crippen molar-refractivity contribution in [1.29, 1.82) is 0 Å². The molecular weight excluding hydrogens is 437 g/mol. The van der Waals surface area contributed by atoms with Gasteiger partial charge in [-0.1, -0.05) is 29.3 Å². The Hall–Kier alpha value is -1.21. The number of anilines is 1. The van der Waals surface area contributed by atoms with Crippen LogP contribution in [0.15, 0.2) is 18.2 Å². The number of halogens is 2. The Morgan fingerprint density at radius 3 is 2.64 bits per heavy atom. The highest BCUT2D eigenvalue weighted by Gasteiger charge is 2.27. The smallest absolute Gasteiger partial charge is 0.341 e. The zero-order chi connectivity index (χ0) is 20.1. The van der Waals surface area contributed by atoms with Crippen LogP contribution in [0.2, 0.25) is 10.0 Å². The minimum absolute atomic E-state index is 0.155. The summed E-state index contributed by atoms with van der Waals surface area (Å²) in [6.45, 7) is 2.09. The van der Waals surface area contributed by atoms with Crippen LogP contribution in [0, 0.1) is 0 Å². The van der Waals surface area contributed by atoms with Crippen LogP contribution in [0.3, 0.4) is 0 Å². The molecule has 0 unspecified atom stereocenters. The van der Waals surface area contributed by atoms with E-state index in [-0.39, 0.29) is 17.6 Å². The standard InChI is InChI=1S/C20H21Cl2NO3S2/c1-2-26-20(25)18-12-6-3-4-9-16(12)28-19(18)23-17(24)11-27-10-13-14(21)7-5-8-15(13)22/h5,7-8H,2-4,6,9-11H2,1H3,(H,23,24). The lowest BCUT2D eigenvalue weighted by atomic mass is 9.95. The molecule has 150 valence electrons. The lowest BCUT2D eigenvalue weighted by Crippen LogP contribution is -2.17. The van der Waals surface area contributed by atoms with Gasteiger partial charge in [-0.2, -0.15) is 0 Å². The number of fused-ring (bicyclic) bond motifs is 1. The summed E-state index contributed by atoms with van der Waals surface area (Å²) in [5.41, 5.74) is 2.40. The van der Waals surface area contributed by atoms with Gasteiger partial charge in [0.05, 0.1) is 17.9 Å². The van der Waals surface area contributed by atoms with Crippen LogP contribution >= 0.6 is 46.3 Å². The maximum absolute atomic E-state index is 12.5. The molecule has 28 heavy (non-hydrogen) atoms. The van der Waals surface area contributed by atoms with E-state index in [1.54, 1.807) is 25.1 Å². The number of amides is 1. The molecule has 1 N–H and O–H groups in total. The summed E-state index contributed by atoms with van der Waals surface area (Å²) in [6, 6.07) is 5.36. The second-order valence-electron chi connectivity index (χ2n) is 6.38. The Balaban J connectivity index is 1.66. The molecule has 1 aliphatic carbocycles. The number of rotatable bonds is 7. The molecule has 1 aliphatic rings. The number of carbonyl (C=O) groups is 2. The van der Waals surface area contributed by atoms with E-state index in [0.717, 1.165) is 36.8 Å². The summed E-state index contributed by atoms with van der Waals surface area (Å²) in [7, 11) is 0. The van der Waals surface area contributed by atoms with Gasteiger partial charge in [0.15, 0.2) is 0 Å². The normalized spacial score (nSPS) is 13.1. The highest BCUT2D eigenvalue weighted by atomic mass is 35.5. The molecule has 0 spiro atoms. The molecule has 0 fully saturated rings. The minimum atomic E-state index is -0.354. The molecule has 1 heterocycles. The maximum Gasteiger partial charge on any atom is 0.341 e. The van der Waals surface area contributed by atoms with Crippen LogP contribution in [-0.4, -0.2) is 24.2 Å². The fourth-order valence-corrected chi connectivity index (χ4v) is 6.01. The van der Waals surface area contributed by atoms with Crippen LogP contribution in [0.25, 0.3) is 0 Å². The van der Waals surface area contributed by atoms with Gasteiger partial charge in [0.2, 0.25) is 5.91 Å². The van der Waals surface area contributed by atoms with Crippen LogP contribution in [0.4, 0.5) is 5.00 Å². The third kappa shape index (κ3) is 5.03. The van der Waals surface area contributed by atoms with Crippen molar-refractivity contribution in [3.05, 3.63) is 49.8 Å². The van der Waals surface area contributed by atoms with Crippen LogP contribution < -0.4 is 5.32 Å². The van der Waals surface area contributed by atoms with Crippen molar-refractivity contribution in [2.75, 3.05) is 17.7 Å². The zero-order valence-electron chi connectivity index (χ0n) is 15.5. The van der Waals surface area contributed by atoms with E-state index in [1.807, 2.05) is 0 Å². The maximum atomic E-state index is 12.5. The Kier molecular flexibility index (Phi) is 7.69. The SMILES string of the molecule is CCOC(=O)c1c(NC(=O)CSCc2c(Cl)cccc2Cl)sc2c1CCCC2. The Labute approximate surface area is 182 Å². The fraction of sp³-hybridized carbons (Fsp3) is 0.400. The average molecular weight is 458 g/mol. The second kappa shape index (κ2) is 10.0. The molecule has 1 amide bonds. The number of thioether (sulfide) groups is 1. The first kappa shape index (κ1) is 21.5. The predicted molar refractivity (Wildman–Crippen MR) is 118 cm³/mol. The fourth-order valence-electron chi connectivity index (χ4n) is 3.15. The largest absolute Gasteiger partial charge is 0.462 e. The summed E-state index contributed by atoms with van der Waals surface area (Å²) in [5, 5.41) is 4.70. The molecule has 0 radical (unpaired) electrons. The third-order valence-corrected chi connectivity index (χ3v) is 7.32. The number of hydrogen-bond donors (Lipinski definition) is 1. The number of thiophene rings is 1. The molecular formula is C20H21Cl2NO3S2. The summed E-state index contributed by atoms with van der Waals surface area (Å²) in [6.07, 6.45) is 3.97. The van der Waals surface area contributed by atoms with Gasteiger partial charge in [0, 0.05) is 20.7 Å². The van der Waals surface area contributed by atoms with E-state index in [4.69, 9.17) is 27.9 Å². The topological polar surface area (TPSA) is 55.4 Å². The van der Waals surface area contributed by atoms with E-state index < -0.39 is 0 Å². The van der Waals surface area contributed by atoms with Crippen LogP contribution in [0.5, 0.6) is 0 Å². The molecule has 2 aromatic rings. The molecule has 0 saturated carbocycles. The van der Waals surface area contributed by atoms with Gasteiger partial charge in [-0.3, -0.25) is 4.79 Å². The third-order valence-electron chi connectivity index (χ3n) is 4.45. The quantitative estimate of drug-likeness (QED) is 0.519. The van der Waals surface area contributed by atoms with E-state index in [9.17, 15) is 9.59 Å². The monoisotopic (exact) mass is 457 g/mol. The van der Waals surface area contributed by atoms with Gasteiger partial charge in [0.25, 0.3) is 0 Å². The van der Waals surface area contributed by atoms with E-state index >= 15 is 0 Å².